The Hall–Kier alpha value is -2.09. The molecule has 1 aromatic carbocycles. The second kappa shape index (κ2) is 5.05. The highest BCUT2D eigenvalue weighted by atomic mass is 19.2. The van der Waals surface area contributed by atoms with E-state index < -0.39 is 45.6 Å². The first-order chi connectivity index (χ1) is 8.25. The number of aliphatic hydroxyl groups excluding tert-OH is 1. The summed E-state index contributed by atoms with van der Waals surface area (Å²) in [6, 6.07) is 0.591. The van der Waals surface area contributed by atoms with E-state index in [0.29, 0.717) is 6.07 Å². The lowest BCUT2D eigenvalue weighted by Gasteiger charge is -2.09. The SMILES string of the molecule is Cc1c([N+](=O)[O-])cc(OC(=O)C(C)O)c(F)c1F. The number of carbonyl (C=O) groups excluding carboxylic acids is 1. The molecule has 0 aliphatic heterocycles. The quantitative estimate of drug-likeness (QED) is 0.385. The molecule has 0 radical (unpaired) electrons. The lowest BCUT2D eigenvalue weighted by Crippen LogP contribution is -2.23. The van der Waals surface area contributed by atoms with Gasteiger partial charge in [-0.1, -0.05) is 0 Å². The Morgan fingerprint density at radius 1 is 1.50 bits per heavy atom. The molecule has 1 unspecified atom stereocenters. The maximum atomic E-state index is 13.4. The average molecular weight is 261 g/mol. The maximum absolute atomic E-state index is 13.4. The second-order valence-electron chi connectivity index (χ2n) is 3.50. The first-order valence-electron chi connectivity index (χ1n) is 4.78. The molecule has 0 saturated heterocycles. The van der Waals surface area contributed by atoms with E-state index in [2.05, 4.69) is 4.74 Å². The van der Waals surface area contributed by atoms with Gasteiger partial charge in [0.1, 0.15) is 6.10 Å². The highest BCUT2D eigenvalue weighted by Gasteiger charge is 2.25. The van der Waals surface area contributed by atoms with E-state index in [1.807, 2.05) is 0 Å². The van der Waals surface area contributed by atoms with E-state index in [4.69, 9.17) is 5.11 Å². The zero-order chi connectivity index (χ0) is 14.0. The Bertz CT molecular complexity index is 515. The van der Waals surface area contributed by atoms with Gasteiger partial charge in [0.05, 0.1) is 16.6 Å². The summed E-state index contributed by atoms with van der Waals surface area (Å²) in [5, 5.41) is 19.4. The van der Waals surface area contributed by atoms with Crippen molar-refractivity contribution in [2.45, 2.75) is 20.0 Å². The van der Waals surface area contributed by atoms with Crippen LogP contribution in [-0.4, -0.2) is 22.1 Å². The largest absolute Gasteiger partial charge is 0.421 e. The molecular weight excluding hydrogens is 252 g/mol. The number of halogens is 2. The lowest BCUT2D eigenvalue weighted by molar-refractivity contribution is -0.385. The predicted octanol–water partition coefficient (Wildman–Crippen LogP) is 1.47. The van der Waals surface area contributed by atoms with Crippen LogP contribution in [0, 0.1) is 28.7 Å². The van der Waals surface area contributed by atoms with Crippen LogP contribution in [0.3, 0.4) is 0 Å². The number of benzene rings is 1. The van der Waals surface area contributed by atoms with Crippen LogP contribution >= 0.6 is 0 Å². The number of carbonyl (C=O) groups is 1. The Labute approximate surface area is 99.9 Å². The summed E-state index contributed by atoms with van der Waals surface area (Å²) >= 11 is 0. The standard InChI is InChI=1S/C10H9F2NO5/c1-4-6(13(16)17)3-7(9(12)8(4)11)18-10(15)5(2)14/h3,5,14H,1-2H3. The van der Waals surface area contributed by atoms with Crippen LogP contribution in [0.1, 0.15) is 12.5 Å². The third kappa shape index (κ3) is 2.59. The van der Waals surface area contributed by atoms with Crippen molar-refractivity contribution in [3.63, 3.8) is 0 Å². The van der Waals surface area contributed by atoms with Crippen LogP contribution in [0.25, 0.3) is 0 Å². The average Bonchev–Trinajstić information content (AvgIpc) is 2.29. The van der Waals surface area contributed by atoms with E-state index >= 15 is 0 Å². The number of rotatable bonds is 3. The highest BCUT2D eigenvalue weighted by molar-refractivity contribution is 5.76. The highest BCUT2D eigenvalue weighted by Crippen LogP contribution is 2.30. The van der Waals surface area contributed by atoms with Gasteiger partial charge in [0.15, 0.2) is 11.6 Å². The van der Waals surface area contributed by atoms with Crippen molar-refractivity contribution >= 4 is 11.7 Å². The summed E-state index contributed by atoms with van der Waals surface area (Å²) < 4.78 is 31.0. The van der Waals surface area contributed by atoms with Gasteiger partial charge in [-0.25, -0.2) is 9.18 Å². The summed E-state index contributed by atoms with van der Waals surface area (Å²) in [5.74, 6) is -5.17. The van der Waals surface area contributed by atoms with Crippen LogP contribution in [0.5, 0.6) is 5.75 Å². The van der Waals surface area contributed by atoms with Crippen LogP contribution in [0.4, 0.5) is 14.5 Å². The van der Waals surface area contributed by atoms with Gasteiger partial charge in [0, 0.05) is 0 Å². The molecule has 0 spiro atoms. The van der Waals surface area contributed by atoms with Gasteiger partial charge in [-0.15, -0.1) is 0 Å². The molecule has 0 saturated carbocycles. The molecule has 8 heteroatoms. The maximum Gasteiger partial charge on any atom is 0.340 e. The minimum Gasteiger partial charge on any atom is -0.421 e. The molecule has 0 aliphatic carbocycles. The number of hydrogen-bond donors (Lipinski definition) is 1. The molecule has 6 nitrogen and oxygen atoms in total. The first-order valence-corrected chi connectivity index (χ1v) is 4.78. The monoisotopic (exact) mass is 261 g/mol. The van der Waals surface area contributed by atoms with Gasteiger partial charge >= 0.3 is 5.97 Å². The fraction of sp³-hybridized carbons (Fsp3) is 0.300. The number of ether oxygens (including phenoxy) is 1. The van der Waals surface area contributed by atoms with Crippen molar-refractivity contribution in [2.24, 2.45) is 0 Å². The molecule has 0 amide bonds. The molecule has 98 valence electrons. The molecule has 1 N–H and O–H groups in total. The number of hydrogen-bond acceptors (Lipinski definition) is 5. The topological polar surface area (TPSA) is 89.7 Å². The van der Waals surface area contributed by atoms with Crippen molar-refractivity contribution in [3.05, 3.63) is 33.4 Å². The van der Waals surface area contributed by atoms with Crippen molar-refractivity contribution < 1.29 is 28.3 Å². The van der Waals surface area contributed by atoms with E-state index in [-0.39, 0.29) is 0 Å². The van der Waals surface area contributed by atoms with Crippen molar-refractivity contribution in [1.82, 2.24) is 0 Å². The Morgan fingerprint density at radius 3 is 2.50 bits per heavy atom. The zero-order valence-corrected chi connectivity index (χ0v) is 9.44. The van der Waals surface area contributed by atoms with Crippen molar-refractivity contribution in [2.75, 3.05) is 0 Å². The van der Waals surface area contributed by atoms with Gasteiger partial charge < -0.3 is 9.84 Å². The van der Waals surface area contributed by atoms with E-state index in [0.717, 1.165) is 13.8 Å². The number of nitrogens with zero attached hydrogens (tertiary/aromatic N) is 1. The molecule has 0 aliphatic rings. The molecule has 1 rings (SSSR count). The van der Waals surface area contributed by atoms with Crippen LogP contribution in [0.2, 0.25) is 0 Å². The third-order valence-corrected chi connectivity index (χ3v) is 2.14. The summed E-state index contributed by atoms with van der Waals surface area (Å²) in [4.78, 5) is 20.7. The van der Waals surface area contributed by atoms with Crippen molar-refractivity contribution in [1.29, 1.82) is 0 Å². The van der Waals surface area contributed by atoms with Gasteiger partial charge in [-0.05, 0) is 13.8 Å². The minimum atomic E-state index is -1.56. The fourth-order valence-corrected chi connectivity index (χ4v) is 1.14. The Kier molecular flexibility index (Phi) is 3.92. The number of nitro benzene ring substituents is 1. The van der Waals surface area contributed by atoms with Crippen LogP contribution < -0.4 is 4.74 Å². The normalized spacial score (nSPS) is 12.1. The summed E-state index contributed by atoms with van der Waals surface area (Å²) in [6.45, 7) is 2.08. The number of aliphatic hydroxyl groups is 1. The number of nitro groups is 1. The molecule has 18 heavy (non-hydrogen) atoms. The molecular formula is C10H9F2NO5. The fourth-order valence-electron chi connectivity index (χ4n) is 1.14. The number of esters is 1. The Morgan fingerprint density at radius 2 is 2.06 bits per heavy atom. The molecule has 0 bridgehead atoms. The smallest absolute Gasteiger partial charge is 0.340 e. The van der Waals surface area contributed by atoms with E-state index in [9.17, 15) is 23.7 Å². The van der Waals surface area contributed by atoms with E-state index in [1.165, 1.54) is 0 Å². The molecule has 1 atom stereocenters. The second-order valence-corrected chi connectivity index (χ2v) is 3.50. The van der Waals surface area contributed by atoms with Crippen LogP contribution in [0.15, 0.2) is 6.07 Å². The minimum absolute atomic E-state index is 0.505. The summed E-state index contributed by atoms with van der Waals surface area (Å²) in [5.41, 5.74) is -1.23. The van der Waals surface area contributed by atoms with Gasteiger partial charge in [0.25, 0.3) is 5.69 Å². The predicted molar refractivity (Wildman–Crippen MR) is 55.1 cm³/mol. The zero-order valence-electron chi connectivity index (χ0n) is 9.44. The van der Waals surface area contributed by atoms with Crippen molar-refractivity contribution in [3.8, 4) is 5.75 Å². The summed E-state index contributed by atoms with van der Waals surface area (Å²) in [7, 11) is 0. The molecule has 0 heterocycles. The summed E-state index contributed by atoms with van der Waals surface area (Å²) in [6.07, 6.45) is -1.56. The van der Waals surface area contributed by atoms with E-state index in [1.54, 1.807) is 0 Å². The van der Waals surface area contributed by atoms with Gasteiger partial charge in [0.2, 0.25) is 5.82 Å². The first kappa shape index (κ1) is 14.0. The molecule has 1 aromatic rings. The van der Waals surface area contributed by atoms with Crippen LogP contribution in [-0.2, 0) is 4.79 Å². The lowest BCUT2D eigenvalue weighted by atomic mass is 10.1. The Balaban J connectivity index is 3.29. The third-order valence-electron chi connectivity index (χ3n) is 2.14. The molecule has 0 fully saturated rings. The molecule has 0 aromatic heterocycles. The van der Waals surface area contributed by atoms with Gasteiger partial charge in [-0.3, -0.25) is 10.1 Å². The van der Waals surface area contributed by atoms with Gasteiger partial charge in [-0.2, -0.15) is 4.39 Å².